The molecule has 4 aromatic rings. The van der Waals surface area contributed by atoms with Gasteiger partial charge >= 0.3 is 0 Å². The molecule has 2 amide bonds. The van der Waals surface area contributed by atoms with Crippen LogP contribution in [0.3, 0.4) is 0 Å². The molecule has 1 aliphatic rings. The number of benzene rings is 3. The minimum Gasteiger partial charge on any atom is -0.467 e. The van der Waals surface area contributed by atoms with Gasteiger partial charge in [-0.25, -0.2) is 4.21 Å². The van der Waals surface area contributed by atoms with Gasteiger partial charge in [-0.05, 0) is 67.4 Å². The van der Waals surface area contributed by atoms with Crippen molar-refractivity contribution in [2.75, 3.05) is 4.90 Å². The molecule has 0 fully saturated rings. The third-order valence-corrected chi connectivity index (χ3v) is 7.61. The van der Waals surface area contributed by atoms with E-state index in [1.54, 1.807) is 65.8 Å². The number of rotatable bonds is 5. The van der Waals surface area contributed by atoms with E-state index in [9.17, 15) is 13.8 Å². The monoisotopic (exact) mass is 484 g/mol. The van der Waals surface area contributed by atoms with Gasteiger partial charge in [-0.3, -0.25) is 9.59 Å². The van der Waals surface area contributed by atoms with Crippen molar-refractivity contribution in [3.63, 3.8) is 0 Å². The molecule has 0 saturated carbocycles. The van der Waals surface area contributed by atoms with Crippen molar-refractivity contribution >= 4 is 28.3 Å². The molecule has 3 aromatic carbocycles. The van der Waals surface area contributed by atoms with E-state index in [1.165, 1.54) is 0 Å². The maximum Gasteiger partial charge on any atom is 0.259 e. The van der Waals surface area contributed by atoms with Gasteiger partial charge < -0.3 is 14.6 Å². The summed E-state index contributed by atoms with van der Waals surface area (Å²) in [7, 11) is -1.58. The lowest BCUT2D eigenvalue weighted by atomic mass is 10.0. The Hall–Kier alpha value is -3.97. The summed E-state index contributed by atoms with van der Waals surface area (Å²) in [5.74, 6) is 0.0778. The van der Waals surface area contributed by atoms with Crippen LogP contribution in [0.25, 0.3) is 0 Å². The summed E-state index contributed by atoms with van der Waals surface area (Å²) >= 11 is 0. The van der Waals surface area contributed by atoms with Gasteiger partial charge in [0.15, 0.2) is 0 Å². The highest BCUT2D eigenvalue weighted by Gasteiger charge is 2.31. The first-order valence-corrected chi connectivity index (χ1v) is 12.4. The number of nitrogens with one attached hydrogen (secondary N) is 1. The topological polar surface area (TPSA) is 79.6 Å². The molecule has 1 N–H and O–H groups in total. The van der Waals surface area contributed by atoms with Crippen molar-refractivity contribution in [3.8, 4) is 0 Å². The quantitative estimate of drug-likeness (QED) is 0.425. The van der Waals surface area contributed by atoms with Crippen molar-refractivity contribution < 1.29 is 18.2 Å². The smallest absolute Gasteiger partial charge is 0.259 e. The number of nitrogens with zero attached hydrogens (tertiary/aromatic N) is 1. The van der Waals surface area contributed by atoms with Crippen LogP contribution in [0.5, 0.6) is 0 Å². The third-order valence-electron chi connectivity index (χ3n) is 6.11. The van der Waals surface area contributed by atoms with Crippen LogP contribution >= 0.6 is 0 Å². The van der Waals surface area contributed by atoms with Crippen molar-refractivity contribution in [1.29, 1.82) is 0 Å². The Morgan fingerprint density at radius 1 is 0.971 bits per heavy atom. The zero-order chi connectivity index (χ0) is 24.5. The average molecular weight is 485 g/mol. The molecule has 0 spiro atoms. The molecular weight excluding hydrogens is 460 g/mol. The number of fused-ring (bicyclic) bond motifs is 2. The van der Waals surface area contributed by atoms with Crippen LogP contribution < -0.4 is 10.2 Å². The Kier molecular flexibility index (Phi) is 6.09. The highest BCUT2D eigenvalue weighted by molar-refractivity contribution is 7.85. The highest BCUT2D eigenvalue weighted by Crippen LogP contribution is 2.36. The van der Waals surface area contributed by atoms with Crippen LogP contribution in [-0.4, -0.2) is 16.0 Å². The Morgan fingerprint density at radius 2 is 1.80 bits per heavy atom. The Morgan fingerprint density at radius 3 is 2.60 bits per heavy atom. The number of aryl methyl sites for hydroxylation is 2. The molecule has 0 radical (unpaired) electrons. The normalized spacial score (nSPS) is 14.7. The van der Waals surface area contributed by atoms with Crippen LogP contribution in [0.2, 0.25) is 0 Å². The predicted molar refractivity (Wildman–Crippen MR) is 134 cm³/mol. The number of anilines is 1. The van der Waals surface area contributed by atoms with E-state index in [-0.39, 0.29) is 18.4 Å². The summed E-state index contributed by atoms with van der Waals surface area (Å²) in [4.78, 5) is 29.3. The fourth-order valence-corrected chi connectivity index (χ4v) is 5.53. The summed E-state index contributed by atoms with van der Waals surface area (Å²) in [5, 5.41) is 2.83. The number of hydrogen-bond acceptors (Lipinski definition) is 4. The van der Waals surface area contributed by atoms with E-state index < -0.39 is 10.8 Å². The van der Waals surface area contributed by atoms with Gasteiger partial charge in [-0.1, -0.05) is 35.9 Å². The van der Waals surface area contributed by atoms with Crippen molar-refractivity contribution in [1.82, 2.24) is 5.32 Å². The number of carbonyl (C=O) groups is 2. The molecule has 176 valence electrons. The molecule has 7 heteroatoms. The van der Waals surface area contributed by atoms with Crippen LogP contribution in [-0.2, 0) is 23.9 Å². The molecule has 2 heterocycles. The molecule has 0 aliphatic carbocycles. The first-order chi connectivity index (χ1) is 16.9. The Bertz CT molecular complexity index is 1460. The fourth-order valence-electron chi connectivity index (χ4n) is 4.19. The lowest BCUT2D eigenvalue weighted by Crippen LogP contribution is -2.31. The second kappa shape index (κ2) is 9.35. The maximum absolute atomic E-state index is 13.8. The van der Waals surface area contributed by atoms with Gasteiger partial charge in [0.1, 0.15) is 5.76 Å². The number of hydrogen-bond donors (Lipinski definition) is 1. The van der Waals surface area contributed by atoms with E-state index in [0.717, 1.165) is 16.7 Å². The minimum atomic E-state index is -1.58. The third kappa shape index (κ3) is 4.42. The SMILES string of the molecule is Cc1ccc(C)c(CN2C(=O)c3ccccc3[S@@](=O)c3ccc(C(=O)NCc4ccco4)cc32)c1. The average Bonchev–Trinajstić information content (AvgIpc) is 3.38. The van der Waals surface area contributed by atoms with Gasteiger partial charge in [-0.15, -0.1) is 0 Å². The summed E-state index contributed by atoms with van der Waals surface area (Å²) < 4.78 is 18.9. The van der Waals surface area contributed by atoms with Gasteiger partial charge in [0.05, 0.1) is 51.2 Å². The zero-order valence-electron chi connectivity index (χ0n) is 19.4. The molecule has 1 aromatic heterocycles. The zero-order valence-corrected chi connectivity index (χ0v) is 20.2. The van der Waals surface area contributed by atoms with Gasteiger partial charge in [0, 0.05) is 5.56 Å². The van der Waals surface area contributed by atoms with E-state index in [4.69, 9.17) is 4.42 Å². The fraction of sp³-hybridized carbons (Fsp3) is 0.143. The summed E-state index contributed by atoms with van der Waals surface area (Å²) in [6.45, 7) is 4.54. The van der Waals surface area contributed by atoms with Gasteiger partial charge in [0.25, 0.3) is 11.8 Å². The van der Waals surface area contributed by atoms with E-state index >= 15 is 0 Å². The standard InChI is InChI=1S/C28H24N2O4S/c1-18-9-10-19(2)21(14-18)17-30-24-15-20(27(31)29-16-22-6-5-13-34-22)11-12-26(24)35(33)25-8-4-3-7-23(25)28(30)32/h3-15H,16-17H2,1-2H3,(H,29,31)/t35-/m1/s1. The summed E-state index contributed by atoms with van der Waals surface area (Å²) in [5.41, 5.74) is 4.37. The van der Waals surface area contributed by atoms with Crippen LogP contribution in [0.15, 0.2) is 93.3 Å². The molecule has 5 rings (SSSR count). The molecular formula is C28H24N2O4S. The minimum absolute atomic E-state index is 0.241. The molecule has 0 saturated heterocycles. The first-order valence-electron chi connectivity index (χ1n) is 11.3. The number of amides is 2. The first kappa shape index (κ1) is 22.8. The lowest BCUT2D eigenvalue weighted by molar-refractivity contribution is 0.0945. The molecule has 1 atom stereocenters. The summed E-state index contributed by atoms with van der Waals surface area (Å²) in [6, 6.07) is 21.6. The van der Waals surface area contributed by atoms with Gasteiger partial charge in [0.2, 0.25) is 0 Å². The van der Waals surface area contributed by atoms with Crippen LogP contribution in [0, 0.1) is 13.8 Å². The molecule has 0 bridgehead atoms. The number of furan rings is 1. The second-order valence-corrected chi connectivity index (χ2v) is 9.95. The highest BCUT2D eigenvalue weighted by atomic mass is 32.2. The largest absolute Gasteiger partial charge is 0.467 e. The second-order valence-electron chi connectivity index (χ2n) is 8.53. The van der Waals surface area contributed by atoms with Crippen molar-refractivity contribution in [3.05, 3.63) is 113 Å². The van der Waals surface area contributed by atoms with E-state index in [2.05, 4.69) is 11.4 Å². The summed E-state index contributed by atoms with van der Waals surface area (Å²) in [6.07, 6.45) is 1.55. The number of carbonyl (C=O) groups excluding carboxylic acids is 2. The molecule has 0 unspecified atom stereocenters. The Labute approximate surface area is 206 Å². The molecule has 1 aliphatic heterocycles. The van der Waals surface area contributed by atoms with Crippen LogP contribution in [0.1, 0.15) is 43.2 Å². The molecule has 35 heavy (non-hydrogen) atoms. The van der Waals surface area contributed by atoms with E-state index in [0.29, 0.717) is 38.9 Å². The lowest BCUT2D eigenvalue weighted by Gasteiger charge is -2.24. The Balaban J connectivity index is 1.58. The maximum atomic E-state index is 13.8. The van der Waals surface area contributed by atoms with E-state index in [1.807, 2.05) is 26.0 Å². The van der Waals surface area contributed by atoms with Crippen LogP contribution in [0.4, 0.5) is 5.69 Å². The van der Waals surface area contributed by atoms with Gasteiger partial charge in [-0.2, -0.15) is 0 Å². The predicted octanol–water partition coefficient (Wildman–Crippen LogP) is 5.15. The van der Waals surface area contributed by atoms with Crippen molar-refractivity contribution in [2.24, 2.45) is 0 Å². The molecule has 6 nitrogen and oxygen atoms in total. The van der Waals surface area contributed by atoms with Crippen molar-refractivity contribution in [2.45, 2.75) is 36.7 Å².